The number of hydrogen-bond acceptors (Lipinski definition) is 4. The van der Waals surface area contributed by atoms with Crippen LogP contribution in [-0.4, -0.2) is 10.5 Å². The van der Waals surface area contributed by atoms with Crippen molar-refractivity contribution in [1.29, 1.82) is 10.5 Å². The molecule has 3 aromatic carbocycles. The maximum Gasteiger partial charge on any atom is 0.266 e. The minimum Gasteiger partial charge on any atom is -0.489 e. The van der Waals surface area contributed by atoms with E-state index in [9.17, 15) is 15.3 Å². The van der Waals surface area contributed by atoms with Crippen LogP contribution in [0.1, 0.15) is 33.6 Å². The molecular weight excluding hydrogens is 460 g/mol. The maximum absolute atomic E-state index is 12.8. The van der Waals surface area contributed by atoms with Gasteiger partial charge < -0.3 is 14.6 Å². The first kappa shape index (κ1) is 25.0. The fourth-order valence-corrected chi connectivity index (χ4v) is 4.15. The Hall–Kier alpha value is -5.07. The van der Waals surface area contributed by atoms with Crippen molar-refractivity contribution >= 4 is 17.7 Å². The number of nitrogens with one attached hydrogen (secondary N) is 1. The van der Waals surface area contributed by atoms with Crippen LogP contribution >= 0.6 is 0 Å². The second kappa shape index (κ2) is 11.1. The third kappa shape index (κ3) is 5.61. The van der Waals surface area contributed by atoms with E-state index in [1.807, 2.05) is 99.6 Å². The number of rotatable bonds is 7. The summed E-state index contributed by atoms with van der Waals surface area (Å²) in [5.74, 6) is 0.250. The van der Waals surface area contributed by atoms with Crippen molar-refractivity contribution < 1.29 is 9.53 Å². The number of hydrogen-bond donors (Lipinski definition) is 1. The van der Waals surface area contributed by atoms with Crippen LogP contribution in [0.5, 0.6) is 5.75 Å². The molecule has 0 fully saturated rings. The molecule has 182 valence electrons. The summed E-state index contributed by atoms with van der Waals surface area (Å²) >= 11 is 0. The average molecular weight is 487 g/mol. The molecule has 0 aliphatic rings. The highest BCUT2D eigenvalue weighted by Crippen LogP contribution is 2.25. The molecule has 37 heavy (non-hydrogen) atoms. The van der Waals surface area contributed by atoms with Gasteiger partial charge in [0, 0.05) is 28.3 Å². The lowest BCUT2D eigenvalue weighted by molar-refractivity contribution is -0.112. The van der Waals surface area contributed by atoms with E-state index in [4.69, 9.17) is 4.74 Å². The standard InChI is InChI=1S/C31H26N4O2/c1-21-8-4-7-11-30(21)34-31(36)27(19-33)17-26-16-22(2)35(23(26)3)28-12-14-29(15-13-28)37-20-25-10-6-5-9-24(25)18-32/h4-17H,20H2,1-3H3,(H,34,36)/b27-17-. The van der Waals surface area contributed by atoms with Crippen molar-refractivity contribution in [2.45, 2.75) is 27.4 Å². The van der Waals surface area contributed by atoms with E-state index in [0.29, 0.717) is 23.6 Å². The Labute approximate surface area is 216 Å². The molecule has 0 saturated heterocycles. The molecule has 1 heterocycles. The summed E-state index contributed by atoms with van der Waals surface area (Å²) in [4.78, 5) is 12.8. The second-order valence-electron chi connectivity index (χ2n) is 8.65. The van der Waals surface area contributed by atoms with Gasteiger partial charge in [-0.2, -0.15) is 10.5 Å². The molecule has 0 saturated carbocycles. The molecule has 4 rings (SSSR count). The number of aromatic nitrogens is 1. The van der Waals surface area contributed by atoms with Crippen LogP contribution < -0.4 is 10.1 Å². The number of ether oxygens (including phenoxy) is 1. The number of nitrogens with zero attached hydrogens (tertiary/aromatic N) is 3. The van der Waals surface area contributed by atoms with Gasteiger partial charge in [0.05, 0.1) is 11.6 Å². The van der Waals surface area contributed by atoms with Gasteiger partial charge in [0.15, 0.2) is 0 Å². The topological polar surface area (TPSA) is 90.8 Å². The van der Waals surface area contributed by atoms with Crippen LogP contribution in [0, 0.1) is 43.4 Å². The van der Waals surface area contributed by atoms with Gasteiger partial charge in [-0.15, -0.1) is 0 Å². The largest absolute Gasteiger partial charge is 0.489 e. The van der Waals surface area contributed by atoms with Crippen molar-refractivity contribution in [3.8, 4) is 23.6 Å². The zero-order valence-corrected chi connectivity index (χ0v) is 20.9. The molecule has 0 aliphatic carbocycles. The van der Waals surface area contributed by atoms with Crippen molar-refractivity contribution in [2.75, 3.05) is 5.32 Å². The smallest absolute Gasteiger partial charge is 0.266 e. The molecule has 1 aromatic heterocycles. The zero-order chi connectivity index (χ0) is 26.4. The van der Waals surface area contributed by atoms with Crippen LogP contribution in [0.3, 0.4) is 0 Å². The van der Waals surface area contributed by atoms with Gasteiger partial charge in [0.1, 0.15) is 24.0 Å². The highest BCUT2D eigenvalue weighted by Gasteiger charge is 2.15. The third-order valence-corrected chi connectivity index (χ3v) is 6.16. The molecule has 1 N–H and O–H groups in total. The number of amides is 1. The summed E-state index contributed by atoms with van der Waals surface area (Å²) in [7, 11) is 0. The van der Waals surface area contributed by atoms with Crippen molar-refractivity contribution in [3.05, 3.63) is 118 Å². The molecule has 0 spiro atoms. The quantitative estimate of drug-likeness (QED) is 0.242. The number of nitriles is 2. The Morgan fingerprint density at radius 1 is 0.973 bits per heavy atom. The molecule has 4 aromatic rings. The summed E-state index contributed by atoms with van der Waals surface area (Å²) in [5, 5.41) is 21.7. The van der Waals surface area contributed by atoms with E-state index >= 15 is 0 Å². The summed E-state index contributed by atoms with van der Waals surface area (Å²) in [6.45, 7) is 6.14. The first-order valence-electron chi connectivity index (χ1n) is 11.8. The monoisotopic (exact) mass is 486 g/mol. The highest BCUT2D eigenvalue weighted by atomic mass is 16.5. The molecule has 0 radical (unpaired) electrons. The van der Waals surface area contributed by atoms with Gasteiger partial charge in [-0.1, -0.05) is 36.4 Å². The Kier molecular flexibility index (Phi) is 7.52. The zero-order valence-electron chi connectivity index (χ0n) is 20.9. The molecule has 0 unspecified atom stereocenters. The number of para-hydroxylation sites is 1. The van der Waals surface area contributed by atoms with Gasteiger partial charge in [0.2, 0.25) is 0 Å². The number of benzene rings is 3. The van der Waals surface area contributed by atoms with E-state index in [-0.39, 0.29) is 5.57 Å². The maximum atomic E-state index is 12.8. The van der Waals surface area contributed by atoms with Crippen LogP contribution in [0.25, 0.3) is 11.8 Å². The van der Waals surface area contributed by atoms with Gasteiger partial charge >= 0.3 is 0 Å². The van der Waals surface area contributed by atoms with Crippen LogP contribution in [-0.2, 0) is 11.4 Å². The van der Waals surface area contributed by atoms with Gasteiger partial charge in [-0.25, -0.2) is 0 Å². The number of aryl methyl sites for hydroxylation is 2. The van der Waals surface area contributed by atoms with Gasteiger partial charge in [-0.3, -0.25) is 4.79 Å². The Balaban J connectivity index is 1.53. The SMILES string of the molecule is Cc1ccccc1NC(=O)/C(C#N)=C\c1cc(C)n(-c2ccc(OCc3ccccc3C#N)cc2)c1C. The average Bonchev–Trinajstić information content (AvgIpc) is 3.19. The van der Waals surface area contributed by atoms with Gasteiger partial charge in [-0.05, 0) is 80.4 Å². The lowest BCUT2D eigenvalue weighted by Gasteiger charge is -2.12. The summed E-state index contributed by atoms with van der Waals surface area (Å²) < 4.78 is 7.96. The van der Waals surface area contributed by atoms with Crippen molar-refractivity contribution in [3.63, 3.8) is 0 Å². The molecule has 6 nitrogen and oxygen atoms in total. The molecular formula is C31H26N4O2. The third-order valence-electron chi connectivity index (χ3n) is 6.16. The molecule has 1 amide bonds. The Bertz CT molecular complexity index is 1560. The van der Waals surface area contributed by atoms with Gasteiger partial charge in [0.25, 0.3) is 5.91 Å². The fourth-order valence-electron chi connectivity index (χ4n) is 4.15. The second-order valence-corrected chi connectivity index (χ2v) is 8.65. The predicted octanol–water partition coefficient (Wildman–Crippen LogP) is 6.40. The van der Waals surface area contributed by atoms with E-state index in [0.717, 1.165) is 33.8 Å². The minimum atomic E-state index is -0.443. The number of carbonyl (C=O) groups excluding carboxylic acids is 1. The highest BCUT2D eigenvalue weighted by molar-refractivity contribution is 6.10. The molecule has 6 heteroatoms. The minimum absolute atomic E-state index is 0.0323. The van der Waals surface area contributed by atoms with E-state index in [2.05, 4.69) is 16.0 Å². The van der Waals surface area contributed by atoms with Crippen LogP contribution in [0.15, 0.2) is 84.4 Å². The van der Waals surface area contributed by atoms with Crippen molar-refractivity contribution in [1.82, 2.24) is 4.57 Å². The fraction of sp³-hybridized carbons (Fsp3) is 0.129. The Morgan fingerprint density at radius 2 is 1.68 bits per heavy atom. The number of carbonyl (C=O) groups is 1. The van der Waals surface area contributed by atoms with Crippen LogP contribution in [0.2, 0.25) is 0 Å². The molecule has 0 atom stereocenters. The first-order chi connectivity index (χ1) is 17.9. The lowest BCUT2D eigenvalue weighted by atomic mass is 10.1. The van der Waals surface area contributed by atoms with E-state index in [1.165, 1.54) is 0 Å². The summed E-state index contributed by atoms with van der Waals surface area (Å²) in [6.07, 6.45) is 1.62. The van der Waals surface area contributed by atoms with E-state index < -0.39 is 5.91 Å². The normalized spacial score (nSPS) is 10.9. The first-order valence-corrected chi connectivity index (χ1v) is 11.8. The Morgan fingerprint density at radius 3 is 2.38 bits per heavy atom. The lowest BCUT2D eigenvalue weighted by Crippen LogP contribution is -2.14. The molecule has 0 aliphatic heterocycles. The van der Waals surface area contributed by atoms with Crippen molar-refractivity contribution in [2.24, 2.45) is 0 Å². The molecule has 0 bridgehead atoms. The predicted molar refractivity (Wildman–Crippen MR) is 144 cm³/mol. The summed E-state index contributed by atoms with van der Waals surface area (Å²) in [5.41, 5.74) is 6.67. The number of anilines is 1. The van der Waals surface area contributed by atoms with E-state index in [1.54, 1.807) is 12.1 Å². The summed E-state index contributed by atoms with van der Waals surface area (Å²) in [6, 6.07) is 28.7. The van der Waals surface area contributed by atoms with Crippen LogP contribution in [0.4, 0.5) is 5.69 Å².